The van der Waals surface area contributed by atoms with Crippen LogP contribution in [0.15, 0.2) is 45.9 Å². The standard InChI is InChI=1S/C18H21N3O3/c1-13-5-3-6-14(2)20(13)19-12-17-9-10-18(24-17)15-7-4-8-16(11-15)21(22)23/h4,7-14H,3,5-6H2,1-2H3/b19-12-/t13-,14+. The fourth-order valence-corrected chi connectivity index (χ4v) is 3.11. The van der Waals surface area contributed by atoms with Crippen LogP contribution in [-0.2, 0) is 0 Å². The van der Waals surface area contributed by atoms with Gasteiger partial charge in [-0.1, -0.05) is 12.1 Å². The van der Waals surface area contributed by atoms with Crippen LogP contribution in [0.25, 0.3) is 11.3 Å². The number of nitrogens with zero attached hydrogens (tertiary/aromatic N) is 3. The van der Waals surface area contributed by atoms with E-state index in [1.807, 2.05) is 12.1 Å². The number of nitro benzene ring substituents is 1. The summed E-state index contributed by atoms with van der Waals surface area (Å²) in [5, 5.41) is 17.6. The molecule has 0 N–H and O–H groups in total. The monoisotopic (exact) mass is 327 g/mol. The van der Waals surface area contributed by atoms with Gasteiger partial charge < -0.3 is 4.42 Å². The van der Waals surface area contributed by atoms with Crippen LogP contribution in [0.2, 0.25) is 0 Å². The molecule has 2 atom stereocenters. The smallest absolute Gasteiger partial charge is 0.270 e. The summed E-state index contributed by atoms with van der Waals surface area (Å²) >= 11 is 0. The van der Waals surface area contributed by atoms with Crippen LogP contribution in [0, 0.1) is 10.1 Å². The molecule has 6 nitrogen and oxygen atoms in total. The van der Waals surface area contributed by atoms with E-state index in [1.165, 1.54) is 18.6 Å². The first-order chi connectivity index (χ1) is 11.5. The van der Waals surface area contributed by atoms with E-state index >= 15 is 0 Å². The Labute approximate surface area is 140 Å². The molecule has 126 valence electrons. The van der Waals surface area contributed by atoms with Crippen molar-refractivity contribution < 1.29 is 9.34 Å². The zero-order valence-corrected chi connectivity index (χ0v) is 13.9. The Balaban J connectivity index is 1.77. The maximum atomic E-state index is 10.9. The van der Waals surface area contributed by atoms with Crippen LogP contribution in [-0.4, -0.2) is 28.2 Å². The van der Waals surface area contributed by atoms with Crippen molar-refractivity contribution in [1.29, 1.82) is 0 Å². The van der Waals surface area contributed by atoms with Crippen LogP contribution >= 0.6 is 0 Å². The number of hydrogen-bond donors (Lipinski definition) is 0. The van der Waals surface area contributed by atoms with Gasteiger partial charge in [-0.25, -0.2) is 0 Å². The van der Waals surface area contributed by atoms with Gasteiger partial charge in [0.05, 0.1) is 11.1 Å². The average molecular weight is 327 g/mol. The summed E-state index contributed by atoms with van der Waals surface area (Å²) in [6.07, 6.45) is 5.27. The topological polar surface area (TPSA) is 71.9 Å². The predicted molar refractivity (Wildman–Crippen MR) is 93.0 cm³/mol. The molecule has 2 aromatic rings. The molecule has 0 spiro atoms. The first-order valence-corrected chi connectivity index (χ1v) is 8.21. The van der Waals surface area contributed by atoms with Crippen LogP contribution in [0.3, 0.4) is 0 Å². The Kier molecular flexibility index (Phi) is 4.64. The number of furan rings is 1. The summed E-state index contributed by atoms with van der Waals surface area (Å²) in [7, 11) is 0. The first-order valence-electron chi connectivity index (χ1n) is 8.21. The van der Waals surface area contributed by atoms with Crippen molar-refractivity contribution in [3.05, 3.63) is 52.3 Å². The van der Waals surface area contributed by atoms with Gasteiger partial charge in [0.15, 0.2) is 0 Å². The summed E-state index contributed by atoms with van der Waals surface area (Å²) in [5.74, 6) is 1.24. The highest BCUT2D eigenvalue weighted by molar-refractivity contribution is 5.77. The van der Waals surface area contributed by atoms with Gasteiger partial charge in [-0.2, -0.15) is 5.10 Å². The van der Waals surface area contributed by atoms with Gasteiger partial charge in [0.2, 0.25) is 0 Å². The second-order valence-corrected chi connectivity index (χ2v) is 6.26. The molecule has 0 aliphatic carbocycles. The third-order valence-corrected chi connectivity index (χ3v) is 4.43. The number of piperidine rings is 1. The summed E-state index contributed by atoms with van der Waals surface area (Å²) < 4.78 is 5.77. The summed E-state index contributed by atoms with van der Waals surface area (Å²) in [4.78, 5) is 10.5. The molecule has 0 saturated carbocycles. The fourth-order valence-electron chi connectivity index (χ4n) is 3.11. The van der Waals surface area contributed by atoms with E-state index in [0.717, 1.165) is 12.8 Å². The Morgan fingerprint density at radius 2 is 2.00 bits per heavy atom. The maximum absolute atomic E-state index is 10.9. The van der Waals surface area contributed by atoms with E-state index in [9.17, 15) is 10.1 Å². The zero-order valence-electron chi connectivity index (χ0n) is 13.9. The van der Waals surface area contributed by atoms with Gasteiger partial charge in [-0.05, 0) is 45.2 Å². The van der Waals surface area contributed by atoms with Crippen LogP contribution < -0.4 is 0 Å². The van der Waals surface area contributed by atoms with E-state index < -0.39 is 4.92 Å². The lowest BCUT2D eigenvalue weighted by molar-refractivity contribution is -0.384. The Bertz CT molecular complexity index is 743. The molecule has 1 aliphatic rings. The van der Waals surface area contributed by atoms with E-state index in [0.29, 0.717) is 29.2 Å². The summed E-state index contributed by atoms with van der Waals surface area (Å²) in [6.45, 7) is 4.37. The minimum Gasteiger partial charge on any atom is -0.455 e. The molecular weight excluding hydrogens is 306 g/mol. The minimum atomic E-state index is -0.409. The van der Waals surface area contributed by atoms with E-state index in [4.69, 9.17) is 4.42 Å². The molecule has 1 saturated heterocycles. The molecule has 0 bridgehead atoms. The minimum absolute atomic E-state index is 0.0510. The molecule has 1 aromatic carbocycles. The van der Waals surface area contributed by atoms with Crippen molar-refractivity contribution in [3.63, 3.8) is 0 Å². The second-order valence-electron chi connectivity index (χ2n) is 6.26. The first kappa shape index (κ1) is 16.2. The molecule has 0 unspecified atom stereocenters. The number of nitro groups is 1. The summed E-state index contributed by atoms with van der Waals surface area (Å²) in [5.41, 5.74) is 0.735. The number of rotatable bonds is 4. The molecule has 0 amide bonds. The van der Waals surface area contributed by atoms with Crippen molar-refractivity contribution in [2.24, 2.45) is 5.10 Å². The molecule has 0 radical (unpaired) electrons. The molecule has 1 fully saturated rings. The maximum Gasteiger partial charge on any atom is 0.270 e. The molecular formula is C18H21N3O3. The quantitative estimate of drug-likeness (QED) is 0.472. The highest BCUT2D eigenvalue weighted by Gasteiger charge is 2.22. The van der Waals surface area contributed by atoms with Gasteiger partial charge in [0, 0.05) is 29.8 Å². The molecule has 2 heterocycles. The largest absolute Gasteiger partial charge is 0.455 e. The predicted octanol–water partition coefficient (Wildman–Crippen LogP) is 4.45. The van der Waals surface area contributed by atoms with Gasteiger partial charge in [0.1, 0.15) is 11.5 Å². The SMILES string of the molecule is C[C@@H]1CCC[C@H](C)N1/N=C\c1ccc(-c2cccc([N+](=O)[O-])c2)o1. The van der Waals surface area contributed by atoms with E-state index in [2.05, 4.69) is 24.0 Å². The highest BCUT2D eigenvalue weighted by Crippen LogP contribution is 2.26. The van der Waals surface area contributed by atoms with Crippen molar-refractivity contribution in [1.82, 2.24) is 5.01 Å². The second kappa shape index (κ2) is 6.86. The fraction of sp³-hybridized carbons (Fsp3) is 0.389. The number of benzene rings is 1. The third kappa shape index (κ3) is 3.48. The summed E-state index contributed by atoms with van der Waals surface area (Å²) in [6, 6.07) is 10.9. The Morgan fingerprint density at radius 3 is 2.71 bits per heavy atom. The lowest BCUT2D eigenvalue weighted by Crippen LogP contribution is -2.39. The van der Waals surface area contributed by atoms with Crippen molar-refractivity contribution in [2.75, 3.05) is 0 Å². The van der Waals surface area contributed by atoms with Crippen LogP contribution in [0.5, 0.6) is 0 Å². The van der Waals surface area contributed by atoms with Crippen molar-refractivity contribution in [3.8, 4) is 11.3 Å². The number of hydrogen-bond acceptors (Lipinski definition) is 5. The van der Waals surface area contributed by atoms with Gasteiger partial charge >= 0.3 is 0 Å². The molecule has 3 rings (SSSR count). The molecule has 24 heavy (non-hydrogen) atoms. The number of non-ortho nitro benzene ring substituents is 1. The van der Waals surface area contributed by atoms with E-state index in [-0.39, 0.29) is 5.69 Å². The van der Waals surface area contributed by atoms with E-state index in [1.54, 1.807) is 18.3 Å². The molecule has 1 aliphatic heterocycles. The zero-order chi connectivity index (χ0) is 17.1. The van der Waals surface area contributed by atoms with Crippen LogP contribution in [0.1, 0.15) is 38.9 Å². The van der Waals surface area contributed by atoms with Crippen molar-refractivity contribution >= 4 is 11.9 Å². The number of hydrazone groups is 1. The third-order valence-electron chi connectivity index (χ3n) is 4.43. The average Bonchev–Trinajstić information content (AvgIpc) is 3.03. The highest BCUT2D eigenvalue weighted by atomic mass is 16.6. The van der Waals surface area contributed by atoms with Gasteiger partial charge in [0.25, 0.3) is 5.69 Å². The van der Waals surface area contributed by atoms with Crippen LogP contribution in [0.4, 0.5) is 5.69 Å². The van der Waals surface area contributed by atoms with Gasteiger partial charge in [-0.15, -0.1) is 0 Å². The Hall–Kier alpha value is -2.63. The van der Waals surface area contributed by atoms with Gasteiger partial charge in [-0.3, -0.25) is 15.1 Å². The lowest BCUT2D eigenvalue weighted by Gasteiger charge is -2.36. The Morgan fingerprint density at radius 1 is 1.25 bits per heavy atom. The van der Waals surface area contributed by atoms with Crippen molar-refractivity contribution in [2.45, 2.75) is 45.2 Å². The lowest BCUT2D eigenvalue weighted by atomic mass is 10.00. The molecule has 1 aromatic heterocycles. The molecule has 6 heteroatoms. The normalized spacial score (nSPS) is 21.3.